The zero-order chi connectivity index (χ0) is 48.3. The van der Waals surface area contributed by atoms with E-state index in [0.29, 0.717) is 11.1 Å². The Morgan fingerprint density at radius 2 is 0.857 bits per heavy atom. The first-order chi connectivity index (χ1) is 33.9. The van der Waals surface area contributed by atoms with E-state index in [1.165, 1.54) is 33.4 Å². The fraction of sp³-hybridized carbons (Fsp3) is 0.121. The average molecular weight is 901 g/mol. The van der Waals surface area contributed by atoms with Gasteiger partial charge in [-0.3, -0.25) is 0 Å². The maximum absolute atomic E-state index is 9.97. The number of fused-ring (bicyclic) bond motifs is 5. The van der Waals surface area contributed by atoms with Gasteiger partial charge in [0.2, 0.25) is 0 Å². The molecule has 0 unspecified atom stereocenters. The van der Waals surface area contributed by atoms with E-state index in [-0.39, 0.29) is 10.8 Å². The Balaban J connectivity index is 1.21. The summed E-state index contributed by atoms with van der Waals surface area (Å²) in [5.41, 5.74) is 19.2. The van der Waals surface area contributed by atoms with Crippen LogP contribution in [0, 0.1) is 29.6 Å². The van der Waals surface area contributed by atoms with Gasteiger partial charge in [0, 0.05) is 39.5 Å². The first-order valence-corrected chi connectivity index (χ1v) is 24.0. The van der Waals surface area contributed by atoms with Crippen molar-refractivity contribution in [1.82, 2.24) is 0 Å². The fourth-order valence-electron chi connectivity index (χ4n) is 10.6. The normalized spacial score (nSPS) is 12.5. The van der Waals surface area contributed by atoms with Gasteiger partial charge in [-0.2, -0.15) is 10.5 Å². The summed E-state index contributed by atoms with van der Waals surface area (Å²) < 4.78 is 0. The van der Waals surface area contributed by atoms with Crippen LogP contribution in [0.4, 0.5) is 34.1 Å². The monoisotopic (exact) mass is 900 g/mol. The van der Waals surface area contributed by atoms with Crippen LogP contribution in [0.1, 0.15) is 68.0 Å². The average Bonchev–Trinajstić information content (AvgIpc) is 3.61. The van der Waals surface area contributed by atoms with Gasteiger partial charge in [-0.05, 0) is 181 Å². The Labute approximate surface area is 411 Å². The minimum Gasteiger partial charge on any atom is -0.310 e. The van der Waals surface area contributed by atoms with Crippen molar-refractivity contribution in [2.24, 2.45) is 0 Å². The second-order valence-electron chi connectivity index (χ2n) is 20.1. The molecule has 70 heavy (non-hydrogen) atoms. The van der Waals surface area contributed by atoms with Crippen molar-refractivity contribution in [3.05, 3.63) is 240 Å². The van der Waals surface area contributed by atoms with E-state index in [4.69, 9.17) is 0 Å². The van der Waals surface area contributed by atoms with Crippen molar-refractivity contribution in [1.29, 1.82) is 10.5 Å². The van der Waals surface area contributed by atoms with Gasteiger partial charge in [0.25, 0.3) is 0 Å². The molecule has 0 spiro atoms. The smallest absolute Gasteiger partial charge is 0.0991 e. The van der Waals surface area contributed by atoms with Crippen LogP contribution in [-0.4, -0.2) is 0 Å². The van der Waals surface area contributed by atoms with Crippen LogP contribution in [-0.2, 0) is 10.8 Å². The summed E-state index contributed by atoms with van der Waals surface area (Å²) in [6.45, 7) is 13.6. The number of nitriles is 2. The Bertz CT molecular complexity index is 3730. The number of hydrogen-bond acceptors (Lipinski definition) is 4. The highest BCUT2D eigenvalue weighted by atomic mass is 15.1. The lowest BCUT2D eigenvalue weighted by Crippen LogP contribution is -2.16. The molecule has 0 atom stereocenters. The molecule has 0 heterocycles. The first-order valence-electron chi connectivity index (χ1n) is 24.0. The topological polar surface area (TPSA) is 54.1 Å². The van der Waals surface area contributed by atoms with E-state index in [0.717, 1.165) is 77.9 Å². The number of rotatable bonds is 8. The first kappa shape index (κ1) is 43.8. The molecule has 336 valence electrons. The highest BCUT2D eigenvalue weighted by Gasteiger charge is 2.36. The molecule has 0 aliphatic heterocycles. The zero-order valence-electron chi connectivity index (χ0n) is 40.4. The molecule has 10 aromatic rings. The second kappa shape index (κ2) is 17.1. The predicted molar refractivity (Wildman–Crippen MR) is 292 cm³/mol. The summed E-state index contributed by atoms with van der Waals surface area (Å²) in [5.74, 6) is 0. The second-order valence-corrected chi connectivity index (χ2v) is 20.1. The molecule has 0 aromatic heterocycles. The van der Waals surface area contributed by atoms with Gasteiger partial charge in [0.1, 0.15) is 0 Å². The van der Waals surface area contributed by atoms with E-state index in [9.17, 15) is 10.5 Å². The van der Waals surface area contributed by atoms with Crippen LogP contribution < -0.4 is 9.80 Å². The van der Waals surface area contributed by atoms with E-state index in [1.54, 1.807) is 0 Å². The van der Waals surface area contributed by atoms with Crippen molar-refractivity contribution < 1.29 is 0 Å². The molecular weight excluding hydrogens is 849 g/mol. The molecule has 4 nitrogen and oxygen atoms in total. The van der Waals surface area contributed by atoms with Crippen molar-refractivity contribution in [2.45, 2.75) is 52.4 Å². The number of hydrogen-bond donors (Lipinski definition) is 0. The van der Waals surface area contributed by atoms with Crippen molar-refractivity contribution in [2.75, 3.05) is 9.80 Å². The zero-order valence-corrected chi connectivity index (χ0v) is 40.4. The fourth-order valence-corrected chi connectivity index (χ4v) is 10.6. The van der Waals surface area contributed by atoms with Gasteiger partial charge in [0.15, 0.2) is 0 Å². The van der Waals surface area contributed by atoms with E-state index >= 15 is 0 Å². The maximum atomic E-state index is 9.97. The molecule has 0 N–H and O–H groups in total. The van der Waals surface area contributed by atoms with Gasteiger partial charge < -0.3 is 9.80 Å². The molecule has 1 aliphatic carbocycles. The van der Waals surface area contributed by atoms with Crippen molar-refractivity contribution in [3.63, 3.8) is 0 Å². The lowest BCUT2D eigenvalue weighted by Gasteiger charge is -2.30. The molecule has 0 fully saturated rings. The third-order valence-electron chi connectivity index (χ3n) is 14.3. The van der Waals surface area contributed by atoms with E-state index in [2.05, 4.69) is 245 Å². The van der Waals surface area contributed by atoms with Crippen LogP contribution >= 0.6 is 0 Å². The van der Waals surface area contributed by atoms with Crippen LogP contribution in [0.5, 0.6) is 0 Å². The number of para-hydroxylation sites is 1. The maximum Gasteiger partial charge on any atom is 0.0991 e. The van der Waals surface area contributed by atoms with Crippen molar-refractivity contribution >= 4 is 55.7 Å². The molecule has 0 radical (unpaired) electrons. The highest BCUT2D eigenvalue weighted by molar-refractivity contribution is 6.22. The minimum absolute atomic E-state index is 0.0453. The van der Waals surface area contributed by atoms with Crippen LogP contribution in [0.25, 0.3) is 54.9 Å². The van der Waals surface area contributed by atoms with Gasteiger partial charge in [0.05, 0.1) is 23.3 Å². The third-order valence-corrected chi connectivity index (χ3v) is 14.3. The number of anilines is 6. The Kier molecular flexibility index (Phi) is 10.7. The van der Waals surface area contributed by atoms with E-state index < -0.39 is 0 Å². The Morgan fingerprint density at radius 1 is 0.400 bits per heavy atom. The van der Waals surface area contributed by atoms with Crippen LogP contribution in [0.15, 0.2) is 206 Å². The van der Waals surface area contributed by atoms with Gasteiger partial charge in [-0.25, -0.2) is 0 Å². The molecule has 4 heteroatoms. The SMILES string of the molecule is Cc1ccc(N(c2ccc3c(c2)C(C)(C)c2ccccc2-3)c2ccc3c(-c4ccc(C#N)cc4)c4cc(N(c5ccccc5)c5cccc(C(C)(C)C)c5)ccc4c(-c4ccc(C#N)cc4)c3c2)cc1. The quantitative estimate of drug-likeness (QED) is 0.143. The molecule has 1 aliphatic rings. The largest absolute Gasteiger partial charge is 0.310 e. The van der Waals surface area contributed by atoms with Crippen LogP contribution in [0.2, 0.25) is 0 Å². The minimum atomic E-state index is -0.174. The molecule has 0 bridgehead atoms. The number of benzene rings is 10. The predicted octanol–water partition coefficient (Wildman–Crippen LogP) is 17.9. The molecule has 0 saturated carbocycles. The Morgan fingerprint density at radius 3 is 1.41 bits per heavy atom. The number of aryl methyl sites for hydroxylation is 1. The van der Waals surface area contributed by atoms with Crippen molar-refractivity contribution in [3.8, 4) is 45.5 Å². The summed E-state index contributed by atoms with van der Waals surface area (Å²) in [6.07, 6.45) is 0. The molecule has 0 saturated heterocycles. The standard InChI is InChI=1S/C66H52N4/c1-43-19-29-50(30-20-43)70(54-31-34-56-55-17-10-11-18-61(55)66(5,6)62(56)40-54)53-33-36-58-60(39-53)64(47-27-23-45(42-68)24-28-47)57-35-32-52(38-59(57)63(58)46-25-21-44(41-67)22-26-46)69(49-14-8-7-9-15-49)51-16-12-13-48(37-51)65(2,3)4/h7-40H,1-6H3. The van der Waals surface area contributed by atoms with Gasteiger partial charge in [-0.15, -0.1) is 0 Å². The lowest BCUT2D eigenvalue weighted by atomic mass is 9.82. The van der Waals surface area contributed by atoms with E-state index in [1.807, 2.05) is 24.3 Å². The molecule has 11 rings (SSSR count). The highest BCUT2D eigenvalue weighted by Crippen LogP contribution is 2.52. The third kappa shape index (κ3) is 7.56. The summed E-state index contributed by atoms with van der Waals surface area (Å²) in [4.78, 5) is 4.74. The summed E-state index contributed by atoms with van der Waals surface area (Å²) in [7, 11) is 0. The van der Waals surface area contributed by atoms with Gasteiger partial charge >= 0.3 is 0 Å². The number of nitrogens with zero attached hydrogens (tertiary/aromatic N) is 4. The summed E-state index contributed by atoms with van der Waals surface area (Å²) >= 11 is 0. The summed E-state index contributed by atoms with van der Waals surface area (Å²) in [5, 5.41) is 24.2. The van der Waals surface area contributed by atoms with Gasteiger partial charge in [-0.1, -0.05) is 149 Å². The molecular formula is C66H52N4. The molecule has 0 amide bonds. The molecule has 10 aromatic carbocycles. The Hall–Kier alpha value is -8.70. The lowest BCUT2D eigenvalue weighted by molar-refractivity contribution is 0.590. The summed E-state index contributed by atoms with van der Waals surface area (Å²) in [6, 6.07) is 78.5. The van der Waals surface area contributed by atoms with Crippen LogP contribution in [0.3, 0.4) is 0 Å².